The Kier molecular flexibility index (Phi) is 7.93. The molecule has 5 nitrogen and oxygen atoms in total. The first-order chi connectivity index (χ1) is 28.2. The molecule has 0 saturated carbocycles. The van der Waals surface area contributed by atoms with E-state index in [0.29, 0.717) is 17.5 Å². The minimum atomic E-state index is 0.587. The highest BCUT2D eigenvalue weighted by Gasteiger charge is 2.21. The number of hydrogen-bond donors (Lipinski definition) is 0. The fraction of sp³-hybridized carbons (Fsp3) is 0. The van der Waals surface area contributed by atoms with Crippen LogP contribution in [0.25, 0.3) is 87.4 Å². The SMILES string of the molecule is c1ccc(-c2ccc(N(c3ccccc3)c3cccc4oc5cc(-c6nc(-c7ccccc7)nc(-c7cccc8c7sc7ccccc78)n6)ccc5c34)cc2)cc1. The highest BCUT2D eigenvalue weighted by atomic mass is 32.1. The summed E-state index contributed by atoms with van der Waals surface area (Å²) in [6.45, 7) is 0. The van der Waals surface area contributed by atoms with Gasteiger partial charge in [0.1, 0.15) is 11.2 Å². The molecule has 0 amide bonds. The van der Waals surface area contributed by atoms with E-state index in [2.05, 4.69) is 150 Å². The van der Waals surface area contributed by atoms with Crippen LogP contribution in [0.3, 0.4) is 0 Å². The van der Waals surface area contributed by atoms with E-state index >= 15 is 0 Å². The molecule has 0 unspecified atom stereocenters. The number of para-hydroxylation sites is 1. The van der Waals surface area contributed by atoms with Crippen LogP contribution in [-0.4, -0.2) is 15.0 Å². The van der Waals surface area contributed by atoms with Crippen molar-refractivity contribution in [3.8, 4) is 45.3 Å². The minimum absolute atomic E-state index is 0.587. The van der Waals surface area contributed by atoms with Crippen molar-refractivity contribution < 1.29 is 4.42 Å². The maximum atomic E-state index is 6.68. The lowest BCUT2D eigenvalue weighted by Gasteiger charge is -2.26. The van der Waals surface area contributed by atoms with Crippen LogP contribution in [0.5, 0.6) is 0 Å². The molecule has 0 aliphatic carbocycles. The third kappa shape index (κ3) is 5.82. The van der Waals surface area contributed by atoms with Crippen LogP contribution in [0.1, 0.15) is 0 Å². The molecule has 3 heterocycles. The van der Waals surface area contributed by atoms with E-state index in [-0.39, 0.29) is 0 Å². The van der Waals surface area contributed by atoms with Crippen molar-refractivity contribution in [1.82, 2.24) is 15.0 Å². The van der Waals surface area contributed by atoms with Gasteiger partial charge in [-0.25, -0.2) is 15.0 Å². The molecule has 6 heteroatoms. The Balaban J connectivity index is 1.06. The summed E-state index contributed by atoms with van der Waals surface area (Å²) in [5.41, 5.74) is 9.84. The third-order valence-corrected chi connectivity index (χ3v) is 11.8. The molecule has 11 rings (SSSR count). The number of rotatable bonds is 7. The number of furan rings is 1. The second kappa shape index (κ2) is 13.7. The van der Waals surface area contributed by atoms with E-state index < -0.39 is 0 Å². The van der Waals surface area contributed by atoms with Crippen molar-refractivity contribution in [3.05, 3.63) is 194 Å². The van der Waals surface area contributed by atoms with Gasteiger partial charge in [-0.2, -0.15) is 0 Å². The predicted molar refractivity (Wildman–Crippen MR) is 236 cm³/mol. The molecule has 0 spiro atoms. The zero-order chi connectivity index (χ0) is 37.7. The summed E-state index contributed by atoms with van der Waals surface area (Å²) in [6.07, 6.45) is 0. The van der Waals surface area contributed by atoms with Gasteiger partial charge in [0.15, 0.2) is 17.5 Å². The molecule has 57 heavy (non-hydrogen) atoms. The molecule has 0 aliphatic heterocycles. The Morgan fingerprint density at radius 3 is 1.79 bits per heavy atom. The fourth-order valence-corrected chi connectivity index (χ4v) is 9.05. The molecule has 0 N–H and O–H groups in total. The Morgan fingerprint density at radius 2 is 1.00 bits per heavy atom. The number of nitrogens with zero attached hydrogens (tertiary/aromatic N) is 4. The van der Waals surface area contributed by atoms with Crippen LogP contribution in [0.15, 0.2) is 199 Å². The van der Waals surface area contributed by atoms with Gasteiger partial charge in [0.25, 0.3) is 0 Å². The molecule has 11 aromatic rings. The van der Waals surface area contributed by atoms with Gasteiger partial charge < -0.3 is 9.32 Å². The first-order valence-corrected chi connectivity index (χ1v) is 19.8. The molecule has 0 aliphatic rings. The summed E-state index contributed by atoms with van der Waals surface area (Å²) in [5, 5.41) is 4.49. The molecular weight excluding hydrogens is 717 g/mol. The van der Waals surface area contributed by atoms with E-state index in [1.165, 1.54) is 26.6 Å². The van der Waals surface area contributed by atoms with Gasteiger partial charge in [-0.1, -0.05) is 133 Å². The lowest BCUT2D eigenvalue weighted by Crippen LogP contribution is -2.10. The van der Waals surface area contributed by atoms with Crippen molar-refractivity contribution in [1.29, 1.82) is 0 Å². The molecule has 0 atom stereocenters. The maximum Gasteiger partial charge on any atom is 0.165 e. The normalized spacial score (nSPS) is 11.5. The van der Waals surface area contributed by atoms with Gasteiger partial charge in [-0.3, -0.25) is 0 Å². The summed E-state index contributed by atoms with van der Waals surface area (Å²) >= 11 is 1.77. The topological polar surface area (TPSA) is 55.1 Å². The standard InChI is InChI=1S/C51H32N4OS/c1-4-14-33(15-5-1)34-26-29-38(30-27-34)55(37-18-8-3-9-19-37)43-23-13-24-44-47(43)41-31-28-36(32-45(41)56-44)50-52-49(35-16-6-2-7-17-35)53-51(54-50)42-22-12-21-40-39-20-10-11-25-46(39)57-48(40)42/h1-32H. The number of hydrogen-bond acceptors (Lipinski definition) is 6. The first kappa shape index (κ1) is 33.0. The largest absolute Gasteiger partial charge is 0.456 e. The van der Waals surface area contributed by atoms with Gasteiger partial charge in [0.2, 0.25) is 0 Å². The van der Waals surface area contributed by atoms with Crippen molar-refractivity contribution in [2.24, 2.45) is 0 Å². The van der Waals surface area contributed by atoms with Crippen molar-refractivity contribution in [2.75, 3.05) is 4.90 Å². The Labute approximate surface area is 332 Å². The van der Waals surface area contributed by atoms with Gasteiger partial charge in [0, 0.05) is 53.6 Å². The first-order valence-electron chi connectivity index (χ1n) is 18.9. The summed E-state index contributed by atoms with van der Waals surface area (Å²) in [6, 6.07) is 67.4. The fourth-order valence-electron chi connectivity index (χ4n) is 7.84. The second-order valence-electron chi connectivity index (χ2n) is 14.0. The number of fused-ring (bicyclic) bond motifs is 6. The van der Waals surface area contributed by atoms with E-state index in [9.17, 15) is 0 Å². The quantitative estimate of drug-likeness (QED) is 0.162. The third-order valence-electron chi connectivity index (χ3n) is 10.5. The predicted octanol–water partition coefficient (Wildman–Crippen LogP) is 14.3. The average Bonchev–Trinajstić information content (AvgIpc) is 3.86. The van der Waals surface area contributed by atoms with Crippen LogP contribution in [0.2, 0.25) is 0 Å². The smallest absolute Gasteiger partial charge is 0.165 e. The monoisotopic (exact) mass is 748 g/mol. The van der Waals surface area contributed by atoms with Crippen LogP contribution in [0, 0.1) is 0 Å². The van der Waals surface area contributed by atoms with Crippen molar-refractivity contribution >= 4 is 70.5 Å². The molecule has 0 bridgehead atoms. The highest BCUT2D eigenvalue weighted by molar-refractivity contribution is 7.26. The summed E-state index contributed by atoms with van der Waals surface area (Å²) in [7, 11) is 0. The van der Waals surface area contributed by atoms with Crippen LogP contribution in [0.4, 0.5) is 17.1 Å². The van der Waals surface area contributed by atoms with Gasteiger partial charge in [-0.15, -0.1) is 11.3 Å². The molecule has 0 saturated heterocycles. The Morgan fingerprint density at radius 1 is 0.404 bits per heavy atom. The number of aromatic nitrogens is 3. The molecule has 0 radical (unpaired) electrons. The number of thiophene rings is 1. The summed E-state index contributed by atoms with van der Waals surface area (Å²) in [4.78, 5) is 17.6. The van der Waals surface area contributed by atoms with Crippen molar-refractivity contribution in [3.63, 3.8) is 0 Å². The summed E-state index contributed by atoms with van der Waals surface area (Å²) < 4.78 is 9.08. The molecule has 268 valence electrons. The second-order valence-corrected chi connectivity index (χ2v) is 15.1. The van der Waals surface area contributed by atoms with Crippen LogP contribution in [-0.2, 0) is 0 Å². The van der Waals surface area contributed by atoms with E-state index in [4.69, 9.17) is 19.4 Å². The van der Waals surface area contributed by atoms with Crippen LogP contribution >= 0.6 is 11.3 Å². The number of benzene rings is 8. The van der Waals surface area contributed by atoms with Gasteiger partial charge in [-0.05, 0) is 71.8 Å². The van der Waals surface area contributed by atoms with Crippen molar-refractivity contribution in [2.45, 2.75) is 0 Å². The lowest BCUT2D eigenvalue weighted by molar-refractivity contribution is 0.669. The molecular formula is C51H32N4OS. The maximum absolute atomic E-state index is 6.68. The molecule has 3 aromatic heterocycles. The zero-order valence-corrected chi connectivity index (χ0v) is 31.4. The van der Waals surface area contributed by atoms with E-state index in [0.717, 1.165) is 60.4 Å². The van der Waals surface area contributed by atoms with Gasteiger partial charge >= 0.3 is 0 Å². The molecule has 8 aromatic carbocycles. The van der Waals surface area contributed by atoms with E-state index in [1.54, 1.807) is 11.3 Å². The Hall–Kier alpha value is -7.41. The number of anilines is 3. The zero-order valence-electron chi connectivity index (χ0n) is 30.6. The minimum Gasteiger partial charge on any atom is -0.456 e. The van der Waals surface area contributed by atoms with E-state index in [1.807, 2.05) is 48.5 Å². The Bertz CT molecular complexity index is 3230. The molecule has 0 fully saturated rings. The average molecular weight is 749 g/mol. The lowest BCUT2D eigenvalue weighted by atomic mass is 10.0. The van der Waals surface area contributed by atoms with Gasteiger partial charge in [0.05, 0.1) is 11.1 Å². The summed E-state index contributed by atoms with van der Waals surface area (Å²) in [5.74, 6) is 1.85. The van der Waals surface area contributed by atoms with Crippen LogP contribution < -0.4 is 4.90 Å². The highest BCUT2D eigenvalue weighted by Crippen LogP contribution is 2.44.